The van der Waals surface area contributed by atoms with Crippen molar-refractivity contribution in [2.75, 3.05) is 12.4 Å². The molecule has 2 heterocycles. The van der Waals surface area contributed by atoms with E-state index in [0.717, 1.165) is 50.0 Å². The van der Waals surface area contributed by atoms with Crippen LogP contribution >= 0.6 is 11.3 Å². The van der Waals surface area contributed by atoms with Crippen LogP contribution in [0, 0.1) is 0 Å². The second-order valence-electron chi connectivity index (χ2n) is 5.35. The van der Waals surface area contributed by atoms with Gasteiger partial charge in [0.2, 0.25) is 0 Å². The molecular weight excluding hydrogens is 351 g/mol. The minimum absolute atomic E-state index is 0. The summed E-state index contributed by atoms with van der Waals surface area (Å²) in [5.74, 6) is 1.60. The molecule has 1 atom stereocenters. The Kier molecular flexibility index (Phi) is 10.1. The maximum absolute atomic E-state index is 10.5. The number of hydrogen-bond acceptors (Lipinski definition) is 5. The average Bonchev–Trinajstić information content (AvgIpc) is 2.88. The van der Waals surface area contributed by atoms with Gasteiger partial charge in [-0.05, 0) is 19.3 Å². The first-order valence-corrected chi connectivity index (χ1v) is 9.90. The smallest absolute Gasteiger partial charge is 0.264 e. The molecule has 8 heteroatoms. The van der Waals surface area contributed by atoms with Crippen molar-refractivity contribution in [2.45, 2.75) is 51.0 Å². The van der Waals surface area contributed by atoms with E-state index in [1.807, 2.05) is 10.8 Å². The van der Waals surface area contributed by atoms with Crippen LogP contribution in [0.25, 0.3) is 0 Å². The predicted octanol–water partition coefficient (Wildman–Crippen LogP) is 3.13. The van der Waals surface area contributed by atoms with Crippen LogP contribution < -0.4 is 9.47 Å². The molecule has 5 nitrogen and oxygen atoms in total. The minimum atomic E-state index is -3.79. The third-order valence-corrected chi connectivity index (χ3v) is 4.99. The fourth-order valence-corrected chi connectivity index (χ4v) is 3.61. The summed E-state index contributed by atoms with van der Waals surface area (Å²) in [7, 11) is -3.79. The summed E-state index contributed by atoms with van der Waals surface area (Å²) in [6.07, 6.45) is 6.82. The largest absolute Gasteiger partial charge is 0.485 e. The van der Waals surface area contributed by atoms with Crippen molar-refractivity contribution in [2.24, 2.45) is 0 Å². The van der Waals surface area contributed by atoms with Gasteiger partial charge in [0, 0.05) is 62.1 Å². The summed E-state index contributed by atoms with van der Waals surface area (Å²) in [4.78, 5) is 0. The van der Waals surface area contributed by atoms with Crippen LogP contribution in [0.5, 0.6) is 11.5 Å². The summed E-state index contributed by atoms with van der Waals surface area (Å²) in [6.45, 7) is 0.623. The predicted molar refractivity (Wildman–Crippen MR) is 88.7 cm³/mol. The molecule has 1 aromatic rings. The van der Waals surface area contributed by atoms with Gasteiger partial charge in [-0.15, -0.1) is 11.3 Å². The Morgan fingerprint density at radius 2 is 1.73 bits per heavy atom. The van der Waals surface area contributed by atoms with Gasteiger partial charge in [-0.3, -0.25) is 4.55 Å². The van der Waals surface area contributed by atoms with Crippen molar-refractivity contribution in [3.05, 3.63) is 10.8 Å². The zero-order valence-corrected chi connectivity index (χ0v) is 17.7. The Bertz CT molecular complexity index is 529. The Balaban J connectivity index is 0.00000242. The van der Waals surface area contributed by atoms with E-state index in [4.69, 9.17) is 14.0 Å². The molecule has 1 radical (unpaired) electrons. The van der Waals surface area contributed by atoms with Gasteiger partial charge in [0.25, 0.3) is 10.1 Å². The first-order valence-electron chi connectivity index (χ1n) is 7.35. The topological polar surface area (TPSA) is 72.8 Å². The standard InChI is InChI=1S/C14H22O5S2.K/c15-21(16,17)8-6-4-2-1-3-5-7-12-9-18-13-10-20-11-14(13)19-12;/h10-12H,1-9H2,(H,15,16,17);. The molecule has 0 saturated carbocycles. The van der Waals surface area contributed by atoms with Gasteiger partial charge in [-0.25, -0.2) is 0 Å². The quantitative estimate of drug-likeness (QED) is 0.409. The molecule has 0 amide bonds. The second-order valence-corrected chi connectivity index (χ2v) is 7.66. The first kappa shape index (κ1) is 20.9. The molecule has 0 bridgehead atoms. The molecule has 1 aromatic heterocycles. The number of hydrogen-bond donors (Lipinski definition) is 1. The molecule has 0 fully saturated rings. The van der Waals surface area contributed by atoms with Crippen LogP contribution in [0.3, 0.4) is 0 Å². The molecule has 1 unspecified atom stereocenters. The van der Waals surface area contributed by atoms with Crippen molar-refractivity contribution >= 4 is 72.8 Å². The number of rotatable bonds is 9. The Labute approximate surface area is 178 Å². The Hall–Kier alpha value is 0.846. The molecule has 1 aliphatic heterocycles. The maximum atomic E-state index is 10.5. The molecular formula is C14H22KO5S2. The summed E-state index contributed by atoms with van der Waals surface area (Å²) in [5, 5.41) is 3.93. The van der Waals surface area contributed by atoms with Gasteiger partial charge in [-0.2, -0.15) is 8.42 Å². The van der Waals surface area contributed by atoms with Crippen molar-refractivity contribution in [3.63, 3.8) is 0 Å². The van der Waals surface area contributed by atoms with Crippen molar-refractivity contribution in [3.8, 4) is 11.5 Å². The summed E-state index contributed by atoms with van der Waals surface area (Å²) < 4.78 is 41.2. The normalized spacial score (nSPS) is 17.0. The fraction of sp³-hybridized carbons (Fsp3) is 0.714. The third-order valence-electron chi connectivity index (χ3n) is 3.49. The van der Waals surface area contributed by atoms with Gasteiger partial charge < -0.3 is 9.47 Å². The monoisotopic (exact) mass is 373 g/mol. The zero-order valence-electron chi connectivity index (χ0n) is 13.0. The minimum Gasteiger partial charge on any atom is -0.485 e. The number of fused-ring (bicyclic) bond motifs is 1. The van der Waals surface area contributed by atoms with Crippen LogP contribution in [0.15, 0.2) is 10.8 Å². The van der Waals surface area contributed by atoms with E-state index in [0.29, 0.717) is 13.0 Å². The second kappa shape index (κ2) is 10.7. The Morgan fingerprint density at radius 1 is 1.09 bits per heavy atom. The van der Waals surface area contributed by atoms with Crippen molar-refractivity contribution in [1.29, 1.82) is 0 Å². The van der Waals surface area contributed by atoms with Crippen LogP contribution in [0.2, 0.25) is 0 Å². The van der Waals surface area contributed by atoms with E-state index in [1.165, 1.54) is 0 Å². The molecule has 0 spiro atoms. The van der Waals surface area contributed by atoms with Gasteiger partial charge >= 0.3 is 0 Å². The molecule has 1 N–H and O–H groups in total. The molecule has 1 aliphatic rings. The van der Waals surface area contributed by atoms with Gasteiger partial charge in [0.15, 0.2) is 11.5 Å². The molecule has 22 heavy (non-hydrogen) atoms. The van der Waals surface area contributed by atoms with E-state index >= 15 is 0 Å². The van der Waals surface area contributed by atoms with Crippen molar-refractivity contribution in [1.82, 2.24) is 0 Å². The summed E-state index contributed by atoms with van der Waals surface area (Å²) in [5.41, 5.74) is 0. The third kappa shape index (κ3) is 8.10. The molecule has 0 aliphatic carbocycles. The molecule has 0 saturated heterocycles. The number of thiophene rings is 1. The van der Waals surface area contributed by atoms with Crippen LogP contribution in [0.4, 0.5) is 0 Å². The molecule has 2 rings (SSSR count). The van der Waals surface area contributed by atoms with Gasteiger partial charge in [0.05, 0.1) is 5.75 Å². The van der Waals surface area contributed by atoms with Crippen LogP contribution in [-0.4, -0.2) is 82.8 Å². The van der Waals surface area contributed by atoms with E-state index in [2.05, 4.69) is 0 Å². The van der Waals surface area contributed by atoms with Crippen LogP contribution in [-0.2, 0) is 10.1 Å². The SMILES string of the molecule is O=S(=O)(O)CCCCCCCCC1COc2cscc2O1.[K]. The van der Waals surface area contributed by atoms with E-state index in [1.54, 1.807) is 11.3 Å². The van der Waals surface area contributed by atoms with Gasteiger partial charge in [0.1, 0.15) is 12.7 Å². The van der Waals surface area contributed by atoms with E-state index in [-0.39, 0.29) is 63.2 Å². The first-order chi connectivity index (χ1) is 10.0. The molecule has 121 valence electrons. The maximum Gasteiger partial charge on any atom is 0.264 e. The average molecular weight is 374 g/mol. The van der Waals surface area contributed by atoms with Gasteiger partial charge in [-0.1, -0.05) is 25.7 Å². The van der Waals surface area contributed by atoms with Crippen molar-refractivity contribution < 1.29 is 22.4 Å². The summed E-state index contributed by atoms with van der Waals surface area (Å²) >= 11 is 1.59. The Morgan fingerprint density at radius 3 is 2.45 bits per heavy atom. The van der Waals surface area contributed by atoms with Crippen LogP contribution in [0.1, 0.15) is 44.9 Å². The molecule has 0 aromatic carbocycles. The fourth-order valence-electron chi connectivity index (χ4n) is 2.37. The number of ether oxygens (including phenoxy) is 2. The summed E-state index contributed by atoms with van der Waals surface area (Å²) in [6, 6.07) is 0. The van der Waals surface area contributed by atoms with E-state index < -0.39 is 10.1 Å². The zero-order chi connectivity index (χ0) is 15.1. The van der Waals surface area contributed by atoms with E-state index in [9.17, 15) is 8.42 Å². The number of unbranched alkanes of at least 4 members (excludes halogenated alkanes) is 5.